The predicted octanol–water partition coefficient (Wildman–Crippen LogP) is 2.75. The van der Waals surface area contributed by atoms with Crippen molar-refractivity contribution in [2.75, 3.05) is 13.7 Å². The standard InChI is InChI=1S/C21H22N4O5/c1-13-8-9-15(12-18(13)25(28)29)20(26)22-14(2)19-23-17-7-5-4-6-16(17)21(27)24(19)10-11-30-3/h4-9,12,14H,10-11H2,1-3H3,(H,22,26)/t14-/m0/s1. The molecule has 1 atom stereocenters. The minimum atomic E-state index is -0.618. The van der Waals surface area contributed by atoms with Crippen LogP contribution in [0, 0.1) is 17.0 Å². The topological polar surface area (TPSA) is 116 Å². The van der Waals surface area contributed by atoms with E-state index in [0.717, 1.165) is 0 Å². The van der Waals surface area contributed by atoms with Crippen molar-refractivity contribution in [2.45, 2.75) is 26.4 Å². The quantitative estimate of drug-likeness (QED) is 0.473. The molecule has 3 rings (SSSR count). The zero-order chi connectivity index (χ0) is 21.8. The van der Waals surface area contributed by atoms with Gasteiger partial charge in [-0.05, 0) is 32.0 Å². The summed E-state index contributed by atoms with van der Waals surface area (Å²) in [6.45, 7) is 3.90. The highest BCUT2D eigenvalue weighted by molar-refractivity contribution is 5.95. The van der Waals surface area contributed by atoms with Gasteiger partial charge >= 0.3 is 0 Å². The molecule has 0 bridgehead atoms. The summed E-state index contributed by atoms with van der Waals surface area (Å²) in [4.78, 5) is 40.9. The van der Waals surface area contributed by atoms with E-state index < -0.39 is 16.9 Å². The number of fused-ring (bicyclic) bond motifs is 1. The summed E-state index contributed by atoms with van der Waals surface area (Å²) < 4.78 is 6.59. The molecular weight excluding hydrogens is 388 g/mol. The maximum absolute atomic E-state index is 13.0. The number of rotatable bonds is 7. The molecule has 3 aromatic rings. The van der Waals surface area contributed by atoms with E-state index >= 15 is 0 Å². The van der Waals surface area contributed by atoms with E-state index in [9.17, 15) is 19.7 Å². The van der Waals surface area contributed by atoms with Gasteiger partial charge in [0.25, 0.3) is 17.2 Å². The van der Waals surface area contributed by atoms with Crippen molar-refractivity contribution < 1.29 is 14.5 Å². The fraction of sp³-hybridized carbons (Fsp3) is 0.286. The fourth-order valence-corrected chi connectivity index (χ4v) is 3.21. The number of aryl methyl sites for hydroxylation is 1. The van der Waals surface area contributed by atoms with Gasteiger partial charge in [0, 0.05) is 24.3 Å². The van der Waals surface area contributed by atoms with E-state index in [1.165, 1.54) is 29.9 Å². The zero-order valence-corrected chi connectivity index (χ0v) is 16.9. The molecule has 9 nitrogen and oxygen atoms in total. The highest BCUT2D eigenvalue weighted by atomic mass is 16.6. The van der Waals surface area contributed by atoms with Gasteiger partial charge < -0.3 is 10.1 Å². The van der Waals surface area contributed by atoms with Gasteiger partial charge in [0.15, 0.2) is 0 Å². The van der Waals surface area contributed by atoms with Crippen LogP contribution in [-0.4, -0.2) is 34.1 Å². The first-order chi connectivity index (χ1) is 14.3. The molecule has 0 radical (unpaired) electrons. The van der Waals surface area contributed by atoms with Crippen LogP contribution in [-0.2, 0) is 11.3 Å². The number of hydrogen-bond donors (Lipinski definition) is 1. The van der Waals surface area contributed by atoms with Gasteiger partial charge in [-0.2, -0.15) is 0 Å². The third-order valence-corrected chi connectivity index (χ3v) is 4.81. The number of aromatic nitrogens is 2. The molecule has 30 heavy (non-hydrogen) atoms. The van der Waals surface area contributed by atoms with E-state index in [0.29, 0.717) is 28.9 Å². The molecule has 9 heteroatoms. The molecule has 0 fully saturated rings. The lowest BCUT2D eigenvalue weighted by Crippen LogP contribution is -2.34. The summed E-state index contributed by atoms with van der Waals surface area (Å²) in [5.41, 5.74) is 0.800. The van der Waals surface area contributed by atoms with Gasteiger partial charge in [-0.15, -0.1) is 0 Å². The molecule has 2 aromatic carbocycles. The molecule has 0 unspecified atom stereocenters. The fourth-order valence-electron chi connectivity index (χ4n) is 3.21. The normalized spacial score (nSPS) is 12.0. The van der Waals surface area contributed by atoms with Gasteiger partial charge in [0.05, 0.1) is 35.0 Å². The molecule has 1 N–H and O–H groups in total. The SMILES string of the molecule is COCCn1c([C@H](C)NC(=O)c2ccc(C)c([N+](=O)[O-])c2)nc2ccccc2c1=O. The lowest BCUT2D eigenvalue weighted by atomic mass is 10.1. The summed E-state index contributed by atoms with van der Waals surface area (Å²) >= 11 is 0. The first-order valence-corrected chi connectivity index (χ1v) is 9.37. The largest absolute Gasteiger partial charge is 0.383 e. The summed E-state index contributed by atoms with van der Waals surface area (Å²) in [5, 5.41) is 14.4. The number of nitro groups is 1. The summed E-state index contributed by atoms with van der Waals surface area (Å²) in [6.07, 6.45) is 0. The van der Waals surface area contributed by atoms with Crippen LogP contribution < -0.4 is 10.9 Å². The van der Waals surface area contributed by atoms with E-state index in [-0.39, 0.29) is 23.4 Å². The third-order valence-electron chi connectivity index (χ3n) is 4.81. The maximum atomic E-state index is 13.0. The number of carbonyl (C=O) groups is 1. The maximum Gasteiger partial charge on any atom is 0.273 e. The van der Waals surface area contributed by atoms with Crippen LogP contribution in [0.2, 0.25) is 0 Å². The number of hydrogen-bond acceptors (Lipinski definition) is 6. The van der Waals surface area contributed by atoms with Gasteiger partial charge in [0.2, 0.25) is 0 Å². The Hall–Kier alpha value is -3.59. The van der Waals surface area contributed by atoms with Gasteiger partial charge in [-0.3, -0.25) is 24.3 Å². The number of amides is 1. The molecular formula is C21H22N4O5. The van der Waals surface area contributed by atoms with Crippen LogP contribution in [0.4, 0.5) is 5.69 Å². The number of benzene rings is 2. The molecule has 0 saturated heterocycles. The molecule has 1 aromatic heterocycles. The van der Waals surface area contributed by atoms with Crippen molar-refractivity contribution in [3.63, 3.8) is 0 Å². The molecule has 1 heterocycles. The Morgan fingerprint density at radius 2 is 2.03 bits per heavy atom. The Bertz CT molecular complexity index is 1170. The molecule has 0 saturated carbocycles. The lowest BCUT2D eigenvalue weighted by molar-refractivity contribution is -0.385. The number of methoxy groups -OCH3 is 1. The minimum absolute atomic E-state index is 0.129. The van der Waals surface area contributed by atoms with Crippen molar-refractivity contribution in [1.82, 2.24) is 14.9 Å². The molecule has 0 aliphatic heterocycles. The number of carbonyl (C=O) groups excluding carboxylic acids is 1. The average molecular weight is 410 g/mol. The predicted molar refractivity (Wildman–Crippen MR) is 112 cm³/mol. The molecule has 0 aliphatic carbocycles. The average Bonchev–Trinajstić information content (AvgIpc) is 2.73. The number of para-hydroxylation sites is 1. The van der Waals surface area contributed by atoms with Gasteiger partial charge in [0.1, 0.15) is 5.82 Å². The second kappa shape index (κ2) is 8.83. The Morgan fingerprint density at radius 3 is 2.73 bits per heavy atom. The number of nitrogens with one attached hydrogen (secondary N) is 1. The number of nitro benzene ring substituents is 1. The third kappa shape index (κ3) is 4.20. The number of ether oxygens (including phenoxy) is 1. The summed E-state index contributed by atoms with van der Waals surface area (Å²) in [6, 6.07) is 10.7. The summed E-state index contributed by atoms with van der Waals surface area (Å²) in [7, 11) is 1.54. The zero-order valence-electron chi connectivity index (χ0n) is 16.9. The molecule has 156 valence electrons. The number of nitrogens with zero attached hydrogens (tertiary/aromatic N) is 3. The first-order valence-electron chi connectivity index (χ1n) is 9.37. The van der Waals surface area contributed by atoms with E-state index in [1.54, 1.807) is 38.1 Å². The minimum Gasteiger partial charge on any atom is -0.383 e. The van der Waals surface area contributed by atoms with Crippen LogP contribution in [0.3, 0.4) is 0 Å². The first kappa shape index (κ1) is 21.1. The van der Waals surface area contributed by atoms with Crippen molar-refractivity contribution >= 4 is 22.5 Å². The molecule has 1 amide bonds. The highest BCUT2D eigenvalue weighted by Gasteiger charge is 2.21. The Morgan fingerprint density at radius 1 is 1.30 bits per heavy atom. The van der Waals surface area contributed by atoms with E-state index in [1.807, 2.05) is 0 Å². The van der Waals surface area contributed by atoms with Crippen molar-refractivity contribution in [1.29, 1.82) is 0 Å². The van der Waals surface area contributed by atoms with Crippen LogP contribution in [0.25, 0.3) is 10.9 Å². The summed E-state index contributed by atoms with van der Waals surface area (Å²) in [5.74, 6) is -0.114. The van der Waals surface area contributed by atoms with Crippen LogP contribution in [0.15, 0.2) is 47.3 Å². The second-order valence-corrected chi connectivity index (χ2v) is 6.89. The lowest BCUT2D eigenvalue weighted by Gasteiger charge is -2.19. The Labute approximate surface area is 172 Å². The van der Waals surface area contributed by atoms with Crippen LogP contribution >= 0.6 is 0 Å². The van der Waals surface area contributed by atoms with E-state index in [2.05, 4.69) is 10.3 Å². The van der Waals surface area contributed by atoms with Gasteiger partial charge in [-0.25, -0.2) is 4.98 Å². The Balaban J connectivity index is 1.97. The van der Waals surface area contributed by atoms with Crippen molar-refractivity contribution in [3.05, 3.63) is 79.9 Å². The highest BCUT2D eigenvalue weighted by Crippen LogP contribution is 2.20. The molecule has 0 aliphatic rings. The monoisotopic (exact) mass is 410 g/mol. The van der Waals surface area contributed by atoms with Crippen LogP contribution in [0.5, 0.6) is 0 Å². The second-order valence-electron chi connectivity index (χ2n) is 6.89. The molecule has 0 spiro atoms. The Kier molecular flexibility index (Phi) is 6.22. The van der Waals surface area contributed by atoms with Crippen molar-refractivity contribution in [3.8, 4) is 0 Å². The van der Waals surface area contributed by atoms with Crippen LogP contribution in [0.1, 0.15) is 34.7 Å². The van der Waals surface area contributed by atoms with Gasteiger partial charge in [-0.1, -0.05) is 18.2 Å². The van der Waals surface area contributed by atoms with E-state index in [4.69, 9.17) is 4.74 Å². The smallest absolute Gasteiger partial charge is 0.273 e. The van der Waals surface area contributed by atoms with Crippen molar-refractivity contribution in [2.24, 2.45) is 0 Å².